The summed E-state index contributed by atoms with van der Waals surface area (Å²) in [6, 6.07) is 3.30. The number of halogens is 1. The minimum absolute atomic E-state index is 0.0733. The van der Waals surface area contributed by atoms with Crippen LogP contribution >= 0.6 is 22.9 Å². The van der Waals surface area contributed by atoms with Crippen LogP contribution < -0.4 is 5.32 Å². The highest BCUT2D eigenvalue weighted by molar-refractivity contribution is 7.17. The molecule has 1 aliphatic rings. The van der Waals surface area contributed by atoms with Gasteiger partial charge >= 0.3 is 6.16 Å². The number of hydrogen-bond acceptors (Lipinski definition) is 6. The van der Waals surface area contributed by atoms with E-state index in [1.165, 1.54) is 16.4 Å². The van der Waals surface area contributed by atoms with E-state index in [1.54, 1.807) is 32.9 Å². The Kier molecular flexibility index (Phi) is 5.31. The second-order valence-corrected chi connectivity index (χ2v) is 7.72. The molecule has 6 nitrogen and oxygen atoms in total. The van der Waals surface area contributed by atoms with Crippen LogP contribution in [0.3, 0.4) is 0 Å². The van der Waals surface area contributed by atoms with Crippen molar-refractivity contribution >= 4 is 35.0 Å². The molecular weight excluding hydrogens is 328 g/mol. The van der Waals surface area contributed by atoms with Gasteiger partial charge in [-0.15, -0.1) is 16.4 Å². The lowest BCUT2D eigenvalue weighted by molar-refractivity contribution is -0.130. The number of amides is 1. The fourth-order valence-electron chi connectivity index (χ4n) is 2.00. The molecule has 0 spiro atoms. The minimum Gasteiger partial charge on any atom is -0.427 e. The van der Waals surface area contributed by atoms with Crippen LogP contribution in [0.25, 0.3) is 0 Å². The van der Waals surface area contributed by atoms with Gasteiger partial charge in [-0.2, -0.15) is 0 Å². The molecule has 122 valence electrons. The Balaban J connectivity index is 1.78. The van der Waals surface area contributed by atoms with E-state index < -0.39 is 11.8 Å². The molecule has 1 amide bonds. The summed E-state index contributed by atoms with van der Waals surface area (Å²) in [7, 11) is 0. The lowest BCUT2D eigenvalue weighted by Gasteiger charge is -2.21. The monoisotopic (exact) mass is 346 g/mol. The van der Waals surface area contributed by atoms with E-state index in [2.05, 4.69) is 5.32 Å². The van der Waals surface area contributed by atoms with Gasteiger partial charge in [0.1, 0.15) is 5.60 Å². The molecule has 0 saturated carbocycles. The number of hydrogen-bond donors (Lipinski definition) is 1. The zero-order chi connectivity index (χ0) is 16.3. The molecular formula is C14H19ClN2O4S. The van der Waals surface area contributed by atoms with Gasteiger partial charge < -0.3 is 14.9 Å². The molecule has 0 aliphatic carbocycles. The van der Waals surface area contributed by atoms with Crippen molar-refractivity contribution in [3.05, 3.63) is 21.3 Å². The Hall–Kier alpha value is -1.31. The van der Waals surface area contributed by atoms with Crippen molar-refractivity contribution in [3.8, 4) is 0 Å². The quantitative estimate of drug-likeness (QED) is 0.852. The molecule has 22 heavy (non-hydrogen) atoms. The molecule has 1 saturated heterocycles. The molecule has 1 unspecified atom stereocenters. The van der Waals surface area contributed by atoms with Gasteiger partial charge in [0.2, 0.25) is 0 Å². The van der Waals surface area contributed by atoms with Crippen LogP contribution in [0, 0.1) is 0 Å². The maximum atomic E-state index is 12.0. The fraction of sp³-hybridized carbons (Fsp3) is 0.571. The topological polar surface area (TPSA) is 67.9 Å². The van der Waals surface area contributed by atoms with E-state index in [9.17, 15) is 9.59 Å². The molecule has 1 N–H and O–H groups in total. The number of ether oxygens (including phenoxy) is 1. The first-order chi connectivity index (χ1) is 10.2. The van der Waals surface area contributed by atoms with Crippen molar-refractivity contribution in [2.45, 2.75) is 38.8 Å². The summed E-state index contributed by atoms with van der Waals surface area (Å²) in [4.78, 5) is 29.3. The highest BCUT2D eigenvalue weighted by atomic mass is 35.5. The van der Waals surface area contributed by atoms with Crippen LogP contribution in [-0.4, -0.2) is 41.9 Å². The Morgan fingerprint density at radius 2 is 2.14 bits per heavy atom. The van der Waals surface area contributed by atoms with Gasteiger partial charge in [-0.25, -0.2) is 4.79 Å². The van der Waals surface area contributed by atoms with Crippen LogP contribution in [0.15, 0.2) is 12.1 Å². The Labute approximate surface area is 138 Å². The molecule has 1 aliphatic heterocycles. The molecule has 8 heteroatoms. The predicted molar refractivity (Wildman–Crippen MR) is 84.1 cm³/mol. The Morgan fingerprint density at radius 1 is 1.41 bits per heavy atom. The first-order valence-electron chi connectivity index (χ1n) is 6.95. The zero-order valence-electron chi connectivity index (χ0n) is 12.7. The van der Waals surface area contributed by atoms with Crippen LogP contribution in [0.1, 0.15) is 36.9 Å². The maximum absolute atomic E-state index is 12.0. The second-order valence-electron chi connectivity index (χ2n) is 6.01. The van der Waals surface area contributed by atoms with Crippen LogP contribution in [0.5, 0.6) is 0 Å². The van der Waals surface area contributed by atoms with E-state index >= 15 is 0 Å². The number of carbonyl (C=O) groups excluding carboxylic acids is 2. The molecule has 1 aromatic rings. The average molecular weight is 347 g/mol. The zero-order valence-corrected chi connectivity index (χ0v) is 14.3. The summed E-state index contributed by atoms with van der Waals surface area (Å²) in [5.41, 5.74) is -0.594. The third kappa shape index (κ3) is 5.15. The highest BCUT2D eigenvalue weighted by Gasteiger charge is 2.29. The van der Waals surface area contributed by atoms with E-state index in [0.29, 0.717) is 28.7 Å². The number of carbonyl (C=O) groups is 2. The number of hydroxylamine groups is 2. The first-order valence-corrected chi connectivity index (χ1v) is 8.14. The predicted octanol–water partition coefficient (Wildman–Crippen LogP) is 3.07. The SMILES string of the molecule is CC(C)(C)OC(=O)ON1CCC(NC(=O)c2ccc(Cl)s2)C1. The normalized spacial score (nSPS) is 19.0. The highest BCUT2D eigenvalue weighted by Crippen LogP contribution is 2.22. The fourth-order valence-corrected chi connectivity index (χ4v) is 2.94. The molecule has 0 bridgehead atoms. The molecule has 2 heterocycles. The van der Waals surface area contributed by atoms with Crippen molar-refractivity contribution in [1.82, 2.24) is 10.4 Å². The standard InChI is InChI=1S/C14H19ClN2O4S/c1-14(2,3)20-13(19)21-17-7-6-9(8-17)16-12(18)10-4-5-11(15)22-10/h4-5,9H,6-8H2,1-3H3,(H,16,18). The van der Waals surface area contributed by atoms with Crippen molar-refractivity contribution in [2.24, 2.45) is 0 Å². The number of thiophene rings is 1. The maximum Gasteiger partial charge on any atom is 0.528 e. The molecule has 0 radical (unpaired) electrons. The number of nitrogens with zero attached hydrogens (tertiary/aromatic N) is 1. The summed E-state index contributed by atoms with van der Waals surface area (Å²) in [6.45, 7) is 6.30. The molecule has 1 aromatic heterocycles. The van der Waals surface area contributed by atoms with Crippen LogP contribution in [0.4, 0.5) is 4.79 Å². The third-order valence-electron chi connectivity index (χ3n) is 2.88. The average Bonchev–Trinajstić information content (AvgIpc) is 2.96. The Morgan fingerprint density at radius 3 is 2.73 bits per heavy atom. The molecule has 2 rings (SSSR count). The van der Waals surface area contributed by atoms with Crippen LogP contribution in [-0.2, 0) is 9.57 Å². The number of rotatable bonds is 3. The lowest BCUT2D eigenvalue weighted by Crippen LogP contribution is -2.37. The van der Waals surface area contributed by atoms with Crippen LogP contribution in [0.2, 0.25) is 4.34 Å². The van der Waals surface area contributed by atoms with Gasteiger partial charge in [0.15, 0.2) is 0 Å². The summed E-state index contributed by atoms with van der Waals surface area (Å²) in [6.07, 6.45) is -0.0299. The third-order valence-corrected chi connectivity index (χ3v) is 4.11. The van der Waals surface area contributed by atoms with Gasteiger partial charge in [0.05, 0.1) is 15.8 Å². The van der Waals surface area contributed by atoms with E-state index in [4.69, 9.17) is 21.2 Å². The molecule has 1 atom stereocenters. The lowest BCUT2D eigenvalue weighted by atomic mass is 10.2. The van der Waals surface area contributed by atoms with Gasteiger partial charge in [0, 0.05) is 12.6 Å². The molecule has 1 fully saturated rings. The van der Waals surface area contributed by atoms with Crippen molar-refractivity contribution < 1.29 is 19.2 Å². The van der Waals surface area contributed by atoms with Gasteiger partial charge in [0.25, 0.3) is 5.91 Å². The van der Waals surface area contributed by atoms with Crippen molar-refractivity contribution in [2.75, 3.05) is 13.1 Å². The van der Waals surface area contributed by atoms with E-state index in [1.807, 2.05) is 0 Å². The first kappa shape index (κ1) is 17.1. The Bertz CT molecular complexity index is 555. The van der Waals surface area contributed by atoms with Crippen molar-refractivity contribution in [1.29, 1.82) is 0 Å². The summed E-state index contributed by atoms with van der Waals surface area (Å²) in [5.74, 6) is -0.166. The van der Waals surface area contributed by atoms with Crippen molar-refractivity contribution in [3.63, 3.8) is 0 Å². The summed E-state index contributed by atoms with van der Waals surface area (Å²) in [5, 5.41) is 4.40. The number of nitrogens with one attached hydrogen (secondary N) is 1. The largest absolute Gasteiger partial charge is 0.528 e. The van der Waals surface area contributed by atoms with E-state index in [0.717, 1.165) is 0 Å². The molecule has 0 aromatic carbocycles. The van der Waals surface area contributed by atoms with E-state index in [-0.39, 0.29) is 11.9 Å². The second kappa shape index (κ2) is 6.85. The van der Waals surface area contributed by atoms with Gasteiger partial charge in [-0.1, -0.05) is 11.6 Å². The summed E-state index contributed by atoms with van der Waals surface area (Å²) < 4.78 is 5.66. The smallest absolute Gasteiger partial charge is 0.427 e. The van der Waals surface area contributed by atoms with Gasteiger partial charge in [-0.05, 0) is 39.3 Å². The minimum atomic E-state index is -0.732. The van der Waals surface area contributed by atoms with Gasteiger partial charge in [-0.3, -0.25) is 4.79 Å². The summed E-state index contributed by atoms with van der Waals surface area (Å²) >= 11 is 7.04.